The molecule has 0 amide bonds. The molecular formula is C11H13N3S. The second-order valence-electron chi connectivity index (χ2n) is 3.46. The maximum absolute atomic E-state index is 9.01. The van der Waals surface area contributed by atoms with Gasteiger partial charge in [-0.2, -0.15) is 17.0 Å². The molecule has 0 bridgehead atoms. The zero-order valence-electron chi connectivity index (χ0n) is 8.52. The largest absolute Gasteiger partial charge is 0.368 e. The highest BCUT2D eigenvalue weighted by Gasteiger charge is 2.13. The predicted octanol–water partition coefficient (Wildman–Crippen LogP) is 1.90. The molecule has 1 saturated heterocycles. The molecular weight excluding hydrogens is 206 g/mol. The number of hydrogen-bond donors (Lipinski definition) is 0. The third kappa shape index (κ3) is 2.42. The first-order chi connectivity index (χ1) is 7.42. The minimum atomic E-state index is 0.733. The number of rotatable bonds is 1. The van der Waals surface area contributed by atoms with Gasteiger partial charge in [-0.3, -0.25) is 4.98 Å². The number of aromatic nitrogens is 1. The number of nitrogens with zero attached hydrogens (tertiary/aromatic N) is 3. The normalized spacial score (nSPS) is 16.9. The summed E-state index contributed by atoms with van der Waals surface area (Å²) in [5, 5.41) is 9.01. The van der Waals surface area contributed by atoms with E-state index in [4.69, 9.17) is 5.26 Å². The van der Waals surface area contributed by atoms with E-state index >= 15 is 0 Å². The fourth-order valence-electron chi connectivity index (χ4n) is 1.72. The Morgan fingerprint density at radius 3 is 3.20 bits per heavy atom. The van der Waals surface area contributed by atoms with Crippen LogP contribution in [-0.2, 0) is 0 Å². The van der Waals surface area contributed by atoms with Crippen LogP contribution < -0.4 is 4.90 Å². The monoisotopic (exact) mass is 219 g/mol. The van der Waals surface area contributed by atoms with E-state index in [0.717, 1.165) is 30.1 Å². The smallest absolute Gasteiger partial charge is 0.101 e. The van der Waals surface area contributed by atoms with Crippen molar-refractivity contribution in [3.8, 4) is 6.07 Å². The molecule has 0 aliphatic carbocycles. The van der Waals surface area contributed by atoms with E-state index in [1.165, 1.54) is 12.2 Å². The number of thioether (sulfide) groups is 1. The van der Waals surface area contributed by atoms with Gasteiger partial charge >= 0.3 is 0 Å². The zero-order valence-corrected chi connectivity index (χ0v) is 9.33. The van der Waals surface area contributed by atoms with Crippen molar-refractivity contribution >= 4 is 17.4 Å². The Labute approximate surface area is 94.1 Å². The van der Waals surface area contributed by atoms with E-state index in [-0.39, 0.29) is 0 Å². The highest BCUT2D eigenvalue weighted by Crippen LogP contribution is 2.21. The quantitative estimate of drug-likeness (QED) is 0.723. The second kappa shape index (κ2) is 5.04. The Bertz CT molecular complexity index is 364. The van der Waals surface area contributed by atoms with Gasteiger partial charge in [-0.25, -0.2) is 0 Å². The molecule has 15 heavy (non-hydrogen) atoms. The molecule has 2 heterocycles. The van der Waals surface area contributed by atoms with Crippen molar-refractivity contribution in [2.45, 2.75) is 6.42 Å². The van der Waals surface area contributed by atoms with Crippen LogP contribution in [0.15, 0.2) is 18.5 Å². The molecule has 78 valence electrons. The number of anilines is 1. The molecule has 4 heteroatoms. The fourth-order valence-corrected chi connectivity index (χ4v) is 2.61. The SMILES string of the molecule is N#Cc1ccncc1N1CCCSCC1. The van der Waals surface area contributed by atoms with E-state index in [1.54, 1.807) is 18.5 Å². The summed E-state index contributed by atoms with van der Waals surface area (Å²) in [7, 11) is 0. The van der Waals surface area contributed by atoms with Gasteiger partial charge in [-0.15, -0.1) is 0 Å². The standard InChI is InChI=1S/C11H13N3S/c12-8-10-2-3-13-9-11(10)14-4-1-6-15-7-5-14/h2-3,9H,1,4-7H2. The maximum atomic E-state index is 9.01. The molecule has 0 aromatic carbocycles. The van der Waals surface area contributed by atoms with Crippen molar-refractivity contribution in [3.63, 3.8) is 0 Å². The van der Waals surface area contributed by atoms with Gasteiger partial charge < -0.3 is 4.90 Å². The van der Waals surface area contributed by atoms with Gasteiger partial charge in [0.1, 0.15) is 6.07 Å². The van der Waals surface area contributed by atoms with Crippen molar-refractivity contribution in [2.75, 3.05) is 29.5 Å². The third-order valence-corrected chi connectivity index (χ3v) is 3.53. The lowest BCUT2D eigenvalue weighted by molar-refractivity contribution is 0.812. The molecule has 2 rings (SSSR count). The summed E-state index contributed by atoms with van der Waals surface area (Å²) in [5.41, 5.74) is 1.72. The minimum absolute atomic E-state index is 0.733. The Morgan fingerprint density at radius 1 is 1.40 bits per heavy atom. The summed E-state index contributed by atoms with van der Waals surface area (Å²) in [6.45, 7) is 2.05. The molecule has 3 nitrogen and oxygen atoms in total. The molecule has 1 aliphatic rings. The van der Waals surface area contributed by atoms with Crippen molar-refractivity contribution < 1.29 is 0 Å². The minimum Gasteiger partial charge on any atom is -0.368 e. The Balaban J connectivity index is 2.23. The third-order valence-electron chi connectivity index (χ3n) is 2.48. The van der Waals surface area contributed by atoms with Crippen LogP contribution in [0.5, 0.6) is 0 Å². The topological polar surface area (TPSA) is 39.9 Å². The molecule has 1 fully saturated rings. The van der Waals surface area contributed by atoms with E-state index in [0.29, 0.717) is 0 Å². The Hall–Kier alpha value is -1.21. The lowest BCUT2D eigenvalue weighted by atomic mass is 10.2. The highest BCUT2D eigenvalue weighted by atomic mass is 32.2. The van der Waals surface area contributed by atoms with Gasteiger partial charge in [0.2, 0.25) is 0 Å². The zero-order chi connectivity index (χ0) is 10.5. The summed E-state index contributed by atoms with van der Waals surface area (Å²) < 4.78 is 0. The van der Waals surface area contributed by atoms with E-state index in [2.05, 4.69) is 16.0 Å². The van der Waals surface area contributed by atoms with Crippen LogP contribution in [0.2, 0.25) is 0 Å². The molecule has 0 atom stereocenters. The van der Waals surface area contributed by atoms with E-state index < -0.39 is 0 Å². The Kier molecular flexibility index (Phi) is 3.46. The predicted molar refractivity (Wildman–Crippen MR) is 63.1 cm³/mol. The summed E-state index contributed by atoms with van der Waals surface area (Å²) in [5.74, 6) is 2.36. The molecule has 1 aliphatic heterocycles. The van der Waals surface area contributed by atoms with Gasteiger partial charge in [0.05, 0.1) is 17.4 Å². The van der Waals surface area contributed by atoms with Gasteiger partial charge in [-0.1, -0.05) is 0 Å². The van der Waals surface area contributed by atoms with Crippen LogP contribution in [-0.4, -0.2) is 29.6 Å². The van der Waals surface area contributed by atoms with Crippen molar-refractivity contribution in [1.29, 1.82) is 5.26 Å². The van der Waals surface area contributed by atoms with Gasteiger partial charge in [0, 0.05) is 25.0 Å². The van der Waals surface area contributed by atoms with Crippen molar-refractivity contribution in [1.82, 2.24) is 4.98 Å². The first-order valence-corrected chi connectivity index (χ1v) is 6.24. The van der Waals surface area contributed by atoms with Crippen LogP contribution in [0.3, 0.4) is 0 Å². The van der Waals surface area contributed by atoms with Crippen LogP contribution in [0.4, 0.5) is 5.69 Å². The van der Waals surface area contributed by atoms with Crippen LogP contribution in [0.25, 0.3) is 0 Å². The average Bonchev–Trinajstić information content (AvgIpc) is 2.57. The highest BCUT2D eigenvalue weighted by molar-refractivity contribution is 7.99. The Morgan fingerprint density at radius 2 is 2.33 bits per heavy atom. The van der Waals surface area contributed by atoms with Gasteiger partial charge in [0.15, 0.2) is 0 Å². The average molecular weight is 219 g/mol. The van der Waals surface area contributed by atoms with Crippen molar-refractivity contribution in [3.05, 3.63) is 24.0 Å². The molecule has 1 aromatic heterocycles. The maximum Gasteiger partial charge on any atom is 0.101 e. The number of pyridine rings is 1. The molecule has 1 aromatic rings. The van der Waals surface area contributed by atoms with Crippen molar-refractivity contribution in [2.24, 2.45) is 0 Å². The molecule has 0 unspecified atom stereocenters. The molecule has 0 spiro atoms. The fraction of sp³-hybridized carbons (Fsp3) is 0.455. The summed E-state index contributed by atoms with van der Waals surface area (Å²) in [6.07, 6.45) is 4.66. The first-order valence-electron chi connectivity index (χ1n) is 5.08. The van der Waals surface area contributed by atoms with Gasteiger partial charge in [0.25, 0.3) is 0 Å². The van der Waals surface area contributed by atoms with E-state index in [1.807, 2.05) is 11.8 Å². The number of hydrogen-bond acceptors (Lipinski definition) is 4. The lowest BCUT2D eigenvalue weighted by Gasteiger charge is -2.22. The van der Waals surface area contributed by atoms with Crippen LogP contribution in [0.1, 0.15) is 12.0 Å². The van der Waals surface area contributed by atoms with Gasteiger partial charge in [-0.05, 0) is 18.2 Å². The first kappa shape index (κ1) is 10.3. The van der Waals surface area contributed by atoms with Crippen LogP contribution >= 0.6 is 11.8 Å². The summed E-state index contributed by atoms with van der Waals surface area (Å²) in [4.78, 5) is 6.37. The second-order valence-corrected chi connectivity index (χ2v) is 4.68. The van der Waals surface area contributed by atoms with Crippen LogP contribution in [0, 0.1) is 11.3 Å². The summed E-state index contributed by atoms with van der Waals surface area (Å²) >= 11 is 1.98. The molecule has 0 N–H and O–H groups in total. The molecule has 0 radical (unpaired) electrons. The summed E-state index contributed by atoms with van der Waals surface area (Å²) in [6, 6.07) is 4.01. The molecule has 0 saturated carbocycles. The number of nitriles is 1. The van der Waals surface area contributed by atoms with E-state index in [9.17, 15) is 0 Å². The lowest BCUT2D eigenvalue weighted by Crippen LogP contribution is -2.26.